The van der Waals surface area contributed by atoms with Crippen LogP contribution in [0.3, 0.4) is 0 Å². The maximum absolute atomic E-state index is 2.42. The molecule has 3 atom stereocenters. The summed E-state index contributed by atoms with van der Waals surface area (Å²) in [4.78, 5) is 0. The predicted octanol–water partition coefficient (Wildman–Crippen LogP) is 4.60. The largest absolute Gasteiger partial charge is 0.0796 e. The van der Waals surface area contributed by atoms with Gasteiger partial charge in [-0.2, -0.15) is 0 Å². The minimum atomic E-state index is 0.710. The fourth-order valence-corrected chi connectivity index (χ4v) is 3.55. The van der Waals surface area contributed by atoms with Gasteiger partial charge < -0.3 is 0 Å². The van der Waals surface area contributed by atoms with E-state index in [1.54, 1.807) is 5.56 Å². The van der Waals surface area contributed by atoms with E-state index in [0.29, 0.717) is 5.92 Å². The topological polar surface area (TPSA) is 0 Å². The zero-order valence-electron chi connectivity index (χ0n) is 10.3. The molecular formula is C18H16. The minimum absolute atomic E-state index is 0.710. The lowest BCUT2D eigenvalue weighted by molar-refractivity contribution is 0.254. The van der Waals surface area contributed by atoms with E-state index >= 15 is 0 Å². The minimum Gasteiger partial charge on any atom is -0.0796 e. The van der Waals surface area contributed by atoms with E-state index in [4.69, 9.17) is 0 Å². The Hall–Kier alpha value is -1.82. The molecule has 88 valence electrons. The van der Waals surface area contributed by atoms with Crippen LogP contribution in [0.5, 0.6) is 0 Å². The van der Waals surface area contributed by atoms with E-state index < -0.39 is 0 Å². The second kappa shape index (κ2) is 3.84. The number of benzene rings is 2. The molecule has 0 heteroatoms. The van der Waals surface area contributed by atoms with Gasteiger partial charge in [-0.15, -0.1) is 0 Å². The second-order valence-corrected chi connectivity index (χ2v) is 5.42. The molecule has 0 radical (unpaired) electrons. The monoisotopic (exact) mass is 232 g/mol. The van der Waals surface area contributed by atoms with Gasteiger partial charge in [-0.1, -0.05) is 66.7 Å². The van der Waals surface area contributed by atoms with E-state index in [1.165, 1.54) is 17.5 Å². The van der Waals surface area contributed by atoms with Crippen LogP contribution in [0.2, 0.25) is 0 Å². The van der Waals surface area contributed by atoms with Crippen LogP contribution >= 0.6 is 0 Å². The van der Waals surface area contributed by atoms with Gasteiger partial charge >= 0.3 is 0 Å². The lowest BCUT2D eigenvalue weighted by Crippen LogP contribution is -2.33. The highest BCUT2D eigenvalue weighted by Gasteiger charge is 2.42. The van der Waals surface area contributed by atoms with Crippen LogP contribution in [0.25, 0.3) is 6.08 Å². The van der Waals surface area contributed by atoms with Crippen molar-refractivity contribution in [2.45, 2.75) is 18.3 Å². The average Bonchev–Trinajstić information content (AvgIpc) is 2.40. The summed E-state index contributed by atoms with van der Waals surface area (Å²) in [5, 5.41) is 0. The maximum atomic E-state index is 2.42. The SMILES string of the molecule is C1=C[C@H]2[C@H](C[C@H]2c2ccccc2)c2ccccc21. The van der Waals surface area contributed by atoms with Gasteiger partial charge in [0.2, 0.25) is 0 Å². The lowest BCUT2D eigenvalue weighted by Gasteiger charge is -2.46. The van der Waals surface area contributed by atoms with Crippen molar-refractivity contribution >= 4 is 6.08 Å². The standard InChI is InChI=1S/C18H16/c1-2-6-13(7-3-1)17-12-18-15-9-5-4-8-14(15)10-11-16(17)18/h1-11,16-18H,12H2/t16-,17+,18-/m1/s1. The number of hydrogen-bond donors (Lipinski definition) is 0. The van der Waals surface area contributed by atoms with Crippen LogP contribution in [0.4, 0.5) is 0 Å². The molecule has 0 nitrogen and oxygen atoms in total. The number of allylic oxidation sites excluding steroid dienone is 1. The van der Waals surface area contributed by atoms with E-state index in [9.17, 15) is 0 Å². The van der Waals surface area contributed by atoms with Gasteiger partial charge in [0.25, 0.3) is 0 Å². The Balaban J connectivity index is 1.68. The highest BCUT2D eigenvalue weighted by atomic mass is 14.5. The third-order valence-corrected chi connectivity index (χ3v) is 4.56. The van der Waals surface area contributed by atoms with Gasteiger partial charge in [-0.25, -0.2) is 0 Å². The zero-order chi connectivity index (χ0) is 11.9. The Morgan fingerprint density at radius 1 is 0.778 bits per heavy atom. The second-order valence-electron chi connectivity index (χ2n) is 5.42. The van der Waals surface area contributed by atoms with Gasteiger partial charge in [0.15, 0.2) is 0 Å². The fourth-order valence-electron chi connectivity index (χ4n) is 3.55. The van der Waals surface area contributed by atoms with Crippen LogP contribution in [0.1, 0.15) is 34.9 Å². The zero-order valence-corrected chi connectivity index (χ0v) is 10.3. The van der Waals surface area contributed by atoms with Gasteiger partial charge in [-0.3, -0.25) is 0 Å². The van der Waals surface area contributed by atoms with Crippen LogP contribution in [-0.4, -0.2) is 0 Å². The van der Waals surface area contributed by atoms with Crippen molar-refractivity contribution in [3.63, 3.8) is 0 Å². The van der Waals surface area contributed by atoms with E-state index in [-0.39, 0.29) is 0 Å². The molecule has 0 bridgehead atoms. The molecule has 18 heavy (non-hydrogen) atoms. The van der Waals surface area contributed by atoms with Crippen LogP contribution < -0.4 is 0 Å². The summed E-state index contributed by atoms with van der Waals surface area (Å²) in [7, 11) is 0. The van der Waals surface area contributed by atoms with Crippen molar-refractivity contribution in [1.29, 1.82) is 0 Å². The first-order valence-corrected chi connectivity index (χ1v) is 6.75. The number of fused-ring (bicyclic) bond motifs is 3. The van der Waals surface area contributed by atoms with Crippen LogP contribution in [0, 0.1) is 5.92 Å². The van der Waals surface area contributed by atoms with Crippen molar-refractivity contribution < 1.29 is 0 Å². The number of hydrogen-bond acceptors (Lipinski definition) is 0. The molecule has 0 unspecified atom stereocenters. The predicted molar refractivity (Wildman–Crippen MR) is 75.5 cm³/mol. The smallest absolute Gasteiger partial charge is 0.00811 e. The fraction of sp³-hybridized carbons (Fsp3) is 0.222. The molecule has 0 saturated heterocycles. The number of rotatable bonds is 1. The summed E-state index contributed by atoms with van der Waals surface area (Å²) < 4.78 is 0. The Labute approximate surface area is 108 Å². The molecule has 0 aromatic heterocycles. The summed E-state index contributed by atoms with van der Waals surface area (Å²) in [6.07, 6.45) is 6.04. The van der Waals surface area contributed by atoms with Gasteiger partial charge in [-0.05, 0) is 40.9 Å². The lowest BCUT2D eigenvalue weighted by atomic mass is 9.57. The Morgan fingerprint density at radius 2 is 1.56 bits per heavy atom. The molecule has 2 aromatic rings. The first-order valence-electron chi connectivity index (χ1n) is 6.75. The van der Waals surface area contributed by atoms with Crippen LogP contribution in [0.15, 0.2) is 60.7 Å². The summed E-state index contributed by atoms with van der Waals surface area (Å²) >= 11 is 0. The van der Waals surface area contributed by atoms with Gasteiger partial charge in [0, 0.05) is 0 Å². The summed E-state index contributed by atoms with van der Waals surface area (Å²) in [6.45, 7) is 0. The summed E-state index contributed by atoms with van der Waals surface area (Å²) in [5.74, 6) is 2.18. The molecule has 0 amide bonds. The first-order chi connectivity index (χ1) is 8.93. The van der Waals surface area contributed by atoms with Crippen molar-refractivity contribution in [2.75, 3.05) is 0 Å². The van der Waals surface area contributed by atoms with Crippen molar-refractivity contribution in [3.8, 4) is 0 Å². The Morgan fingerprint density at radius 3 is 2.44 bits per heavy atom. The van der Waals surface area contributed by atoms with E-state index in [2.05, 4.69) is 66.7 Å². The molecule has 0 heterocycles. The maximum Gasteiger partial charge on any atom is -0.00811 e. The molecule has 0 spiro atoms. The normalized spacial score (nSPS) is 28.1. The van der Waals surface area contributed by atoms with Crippen molar-refractivity contribution in [2.24, 2.45) is 5.92 Å². The van der Waals surface area contributed by atoms with Gasteiger partial charge in [0.05, 0.1) is 0 Å². The molecular weight excluding hydrogens is 216 g/mol. The first kappa shape index (κ1) is 10.1. The van der Waals surface area contributed by atoms with Crippen molar-refractivity contribution in [1.82, 2.24) is 0 Å². The molecule has 1 saturated carbocycles. The molecule has 0 N–H and O–H groups in total. The highest BCUT2D eigenvalue weighted by molar-refractivity contribution is 5.60. The summed E-state index contributed by atoms with van der Waals surface area (Å²) in [5.41, 5.74) is 4.48. The highest BCUT2D eigenvalue weighted by Crippen LogP contribution is 2.56. The van der Waals surface area contributed by atoms with Crippen molar-refractivity contribution in [3.05, 3.63) is 77.4 Å². The molecule has 0 aliphatic heterocycles. The quantitative estimate of drug-likeness (QED) is 0.674. The third kappa shape index (κ3) is 1.38. The molecule has 2 aromatic carbocycles. The van der Waals surface area contributed by atoms with E-state index in [1.807, 2.05) is 0 Å². The molecule has 2 aliphatic carbocycles. The Bertz CT molecular complexity index is 594. The van der Waals surface area contributed by atoms with Crippen LogP contribution in [-0.2, 0) is 0 Å². The third-order valence-electron chi connectivity index (χ3n) is 4.56. The molecule has 2 aliphatic rings. The average molecular weight is 232 g/mol. The summed E-state index contributed by atoms with van der Waals surface area (Å²) in [6, 6.07) is 19.8. The molecule has 4 rings (SSSR count). The Kier molecular flexibility index (Phi) is 2.16. The molecule has 1 fully saturated rings. The van der Waals surface area contributed by atoms with E-state index in [0.717, 1.165) is 11.8 Å². The van der Waals surface area contributed by atoms with Gasteiger partial charge in [0.1, 0.15) is 0 Å².